The van der Waals surface area contributed by atoms with Gasteiger partial charge in [0, 0.05) is 16.1 Å². The fourth-order valence-electron chi connectivity index (χ4n) is 1.63. The zero-order valence-electron chi connectivity index (χ0n) is 8.83. The van der Waals surface area contributed by atoms with Crippen LogP contribution >= 0.6 is 11.6 Å². The van der Waals surface area contributed by atoms with Gasteiger partial charge in [0.25, 0.3) is 0 Å². The van der Waals surface area contributed by atoms with Gasteiger partial charge in [-0.05, 0) is 31.0 Å². The van der Waals surface area contributed by atoms with Gasteiger partial charge in [0.2, 0.25) is 0 Å². The van der Waals surface area contributed by atoms with E-state index in [2.05, 4.69) is 24.0 Å². The number of benzene rings is 1. The predicted octanol–water partition coefficient (Wildman–Crippen LogP) is 4.23. The van der Waals surface area contributed by atoms with Crippen molar-refractivity contribution in [1.82, 2.24) is 4.98 Å². The SMILES string of the molecule is CCCCc1ccc2ccc(Cl)cc2n1. The summed E-state index contributed by atoms with van der Waals surface area (Å²) in [6, 6.07) is 10.0. The van der Waals surface area contributed by atoms with E-state index < -0.39 is 0 Å². The number of unbranched alkanes of at least 4 members (excludes halogenated alkanes) is 1. The van der Waals surface area contributed by atoms with Crippen LogP contribution in [-0.4, -0.2) is 4.98 Å². The maximum atomic E-state index is 5.94. The Bertz CT molecular complexity index is 465. The van der Waals surface area contributed by atoms with Gasteiger partial charge in [0.1, 0.15) is 0 Å². The van der Waals surface area contributed by atoms with Crippen LogP contribution in [0, 0.1) is 0 Å². The lowest BCUT2D eigenvalue weighted by molar-refractivity contribution is 0.780. The Labute approximate surface area is 95.1 Å². The van der Waals surface area contributed by atoms with Crippen LogP contribution in [0.4, 0.5) is 0 Å². The molecule has 0 saturated heterocycles. The minimum Gasteiger partial charge on any atom is -0.253 e. The largest absolute Gasteiger partial charge is 0.253 e. The van der Waals surface area contributed by atoms with Gasteiger partial charge in [0.15, 0.2) is 0 Å². The first-order chi connectivity index (χ1) is 7.29. The average Bonchev–Trinajstić information content (AvgIpc) is 2.25. The minimum atomic E-state index is 0.752. The summed E-state index contributed by atoms with van der Waals surface area (Å²) in [5, 5.41) is 1.90. The summed E-state index contributed by atoms with van der Waals surface area (Å²) in [4.78, 5) is 4.59. The Morgan fingerprint density at radius 1 is 1.20 bits per heavy atom. The first kappa shape index (κ1) is 10.4. The third-order valence-electron chi connectivity index (χ3n) is 2.50. The van der Waals surface area contributed by atoms with E-state index in [1.54, 1.807) is 0 Å². The van der Waals surface area contributed by atoms with E-state index in [0.717, 1.165) is 28.0 Å². The monoisotopic (exact) mass is 219 g/mol. The van der Waals surface area contributed by atoms with Gasteiger partial charge in [0.05, 0.1) is 5.52 Å². The molecule has 1 heterocycles. The summed E-state index contributed by atoms with van der Waals surface area (Å²) in [7, 11) is 0. The van der Waals surface area contributed by atoms with Gasteiger partial charge in [-0.2, -0.15) is 0 Å². The normalized spacial score (nSPS) is 10.8. The van der Waals surface area contributed by atoms with Crippen molar-refractivity contribution in [2.24, 2.45) is 0 Å². The van der Waals surface area contributed by atoms with Crippen LogP contribution in [0.15, 0.2) is 30.3 Å². The topological polar surface area (TPSA) is 12.9 Å². The Balaban J connectivity index is 2.36. The van der Waals surface area contributed by atoms with Crippen molar-refractivity contribution >= 4 is 22.5 Å². The Morgan fingerprint density at radius 3 is 2.80 bits per heavy atom. The fourth-order valence-corrected chi connectivity index (χ4v) is 1.80. The summed E-state index contributed by atoms with van der Waals surface area (Å²) >= 11 is 5.94. The van der Waals surface area contributed by atoms with Crippen molar-refractivity contribution in [3.05, 3.63) is 41.0 Å². The molecule has 0 N–H and O–H groups in total. The molecule has 0 atom stereocenters. The van der Waals surface area contributed by atoms with E-state index in [-0.39, 0.29) is 0 Å². The van der Waals surface area contributed by atoms with Crippen LogP contribution < -0.4 is 0 Å². The molecule has 1 aromatic heterocycles. The number of nitrogens with zero attached hydrogens (tertiary/aromatic N) is 1. The maximum absolute atomic E-state index is 5.94. The number of hydrogen-bond donors (Lipinski definition) is 0. The second-order valence-electron chi connectivity index (χ2n) is 3.74. The van der Waals surface area contributed by atoms with E-state index >= 15 is 0 Å². The zero-order valence-corrected chi connectivity index (χ0v) is 9.59. The van der Waals surface area contributed by atoms with E-state index in [0.29, 0.717) is 0 Å². The molecule has 0 aliphatic carbocycles. The number of fused-ring (bicyclic) bond motifs is 1. The highest BCUT2D eigenvalue weighted by Gasteiger charge is 1.98. The van der Waals surface area contributed by atoms with Crippen LogP contribution in [0.5, 0.6) is 0 Å². The molecule has 78 valence electrons. The zero-order chi connectivity index (χ0) is 10.7. The highest BCUT2D eigenvalue weighted by molar-refractivity contribution is 6.31. The molecule has 1 aromatic carbocycles. The third-order valence-corrected chi connectivity index (χ3v) is 2.73. The summed E-state index contributed by atoms with van der Waals surface area (Å²) in [6.45, 7) is 2.19. The van der Waals surface area contributed by atoms with Crippen LogP contribution in [0.1, 0.15) is 25.5 Å². The van der Waals surface area contributed by atoms with Gasteiger partial charge >= 0.3 is 0 Å². The molecule has 2 aromatic rings. The van der Waals surface area contributed by atoms with Crippen molar-refractivity contribution in [2.75, 3.05) is 0 Å². The molecular weight excluding hydrogens is 206 g/mol. The fraction of sp³-hybridized carbons (Fsp3) is 0.308. The predicted molar refractivity (Wildman–Crippen MR) is 65.4 cm³/mol. The van der Waals surface area contributed by atoms with Gasteiger partial charge in [-0.25, -0.2) is 0 Å². The first-order valence-corrected chi connectivity index (χ1v) is 5.72. The minimum absolute atomic E-state index is 0.752. The van der Waals surface area contributed by atoms with Crippen LogP contribution in [-0.2, 0) is 6.42 Å². The second-order valence-corrected chi connectivity index (χ2v) is 4.18. The number of hydrogen-bond acceptors (Lipinski definition) is 1. The van der Waals surface area contributed by atoms with Gasteiger partial charge in [-0.15, -0.1) is 0 Å². The number of rotatable bonds is 3. The van der Waals surface area contributed by atoms with E-state index in [4.69, 9.17) is 11.6 Å². The molecule has 0 saturated carbocycles. The Morgan fingerprint density at radius 2 is 2.00 bits per heavy atom. The van der Waals surface area contributed by atoms with Crippen molar-refractivity contribution in [2.45, 2.75) is 26.2 Å². The summed E-state index contributed by atoms with van der Waals surface area (Å²) in [6.07, 6.45) is 3.45. The standard InChI is InChI=1S/C13H14ClN/c1-2-3-4-12-8-6-10-5-7-11(14)9-13(10)15-12/h5-9H,2-4H2,1H3. The van der Waals surface area contributed by atoms with E-state index in [1.165, 1.54) is 12.8 Å². The lowest BCUT2D eigenvalue weighted by Gasteiger charge is -2.02. The number of aromatic nitrogens is 1. The Kier molecular flexibility index (Phi) is 3.22. The molecule has 0 unspecified atom stereocenters. The molecule has 0 radical (unpaired) electrons. The van der Waals surface area contributed by atoms with Gasteiger partial charge < -0.3 is 0 Å². The molecule has 0 spiro atoms. The van der Waals surface area contributed by atoms with Gasteiger partial charge in [-0.1, -0.05) is 37.1 Å². The summed E-state index contributed by atoms with van der Waals surface area (Å²) < 4.78 is 0. The molecule has 15 heavy (non-hydrogen) atoms. The average molecular weight is 220 g/mol. The molecular formula is C13H14ClN. The Hall–Kier alpha value is -1.08. The van der Waals surface area contributed by atoms with E-state index in [1.807, 2.05) is 18.2 Å². The quantitative estimate of drug-likeness (QED) is 0.753. The second kappa shape index (κ2) is 4.63. The lowest BCUT2D eigenvalue weighted by atomic mass is 10.1. The summed E-state index contributed by atoms with van der Waals surface area (Å²) in [5.41, 5.74) is 2.16. The number of pyridine rings is 1. The van der Waals surface area contributed by atoms with E-state index in [9.17, 15) is 0 Å². The lowest BCUT2D eigenvalue weighted by Crippen LogP contribution is -1.90. The third kappa shape index (κ3) is 2.48. The molecule has 0 aliphatic rings. The van der Waals surface area contributed by atoms with Gasteiger partial charge in [-0.3, -0.25) is 4.98 Å². The highest BCUT2D eigenvalue weighted by Crippen LogP contribution is 2.18. The molecule has 2 heteroatoms. The summed E-state index contributed by atoms with van der Waals surface area (Å²) in [5.74, 6) is 0. The van der Waals surface area contributed by atoms with Crippen molar-refractivity contribution < 1.29 is 0 Å². The molecule has 0 fully saturated rings. The molecule has 0 aliphatic heterocycles. The van der Waals surface area contributed by atoms with Crippen LogP contribution in [0.25, 0.3) is 10.9 Å². The molecule has 2 rings (SSSR count). The highest BCUT2D eigenvalue weighted by atomic mass is 35.5. The molecule has 1 nitrogen and oxygen atoms in total. The first-order valence-electron chi connectivity index (χ1n) is 5.35. The van der Waals surface area contributed by atoms with Crippen molar-refractivity contribution in [1.29, 1.82) is 0 Å². The van der Waals surface area contributed by atoms with Crippen LogP contribution in [0.3, 0.4) is 0 Å². The maximum Gasteiger partial charge on any atom is 0.0720 e. The number of aryl methyl sites for hydroxylation is 1. The molecule has 0 bridgehead atoms. The van der Waals surface area contributed by atoms with Crippen molar-refractivity contribution in [3.8, 4) is 0 Å². The van der Waals surface area contributed by atoms with Crippen LogP contribution in [0.2, 0.25) is 5.02 Å². The smallest absolute Gasteiger partial charge is 0.0720 e. The number of halogens is 1. The van der Waals surface area contributed by atoms with Crippen molar-refractivity contribution in [3.63, 3.8) is 0 Å². The molecule has 0 amide bonds.